The molecule has 0 aromatic heterocycles. The first kappa shape index (κ1) is 29.8. The molecule has 1 saturated heterocycles. The second-order valence-electron chi connectivity index (χ2n) is 11.0. The average Bonchev–Trinajstić information content (AvgIpc) is 3.34. The summed E-state index contributed by atoms with van der Waals surface area (Å²) < 4.78 is 94.9. The lowest BCUT2D eigenvalue weighted by molar-refractivity contribution is -0.289. The standard InChI is InChI=1S/C28H27ClF5NO5S/c29-20-7-9-21(10-8-20)41(39,40)26-13-14-35(24(36)16-1-3-17(4-2-16)25(37)38)23(26)12-5-18-15-19(6-11-22(18)26)27(30,31)28(32,33)34/h6-11,15-17,23H,1-5,12-14H2,(H,37,38)/t16-,17-,23?,26?. The molecule has 2 aliphatic carbocycles. The van der Waals surface area contributed by atoms with Crippen molar-refractivity contribution in [2.75, 3.05) is 6.54 Å². The van der Waals surface area contributed by atoms with Gasteiger partial charge in [-0.2, -0.15) is 22.0 Å². The van der Waals surface area contributed by atoms with Crippen LogP contribution in [-0.4, -0.2) is 49.1 Å². The Labute approximate surface area is 238 Å². The van der Waals surface area contributed by atoms with Gasteiger partial charge in [-0.25, -0.2) is 8.42 Å². The molecule has 2 fully saturated rings. The second kappa shape index (κ2) is 10.2. The molecule has 3 aliphatic rings. The van der Waals surface area contributed by atoms with Crippen LogP contribution in [0.3, 0.4) is 0 Å². The lowest BCUT2D eigenvalue weighted by atomic mass is 9.77. The van der Waals surface area contributed by atoms with Crippen LogP contribution >= 0.6 is 11.6 Å². The van der Waals surface area contributed by atoms with E-state index < -0.39 is 56.1 Å². The lowest BCUT2D eigenvalue weighted by Crippen LogP contribution is -2.53. The number of nitrogens with zero attached hydrogens (tertiary/aromatic N) is 1. The third kappa shape index (κ3) is 4.70. The number of benzene rings is 2. The molecule has 0 spiro atoms. The number of carbonyl (C=O) groups is 2. The number of rotatable bonds is 5. The van der Waals surface area contributed by atoms with Gasteiger partial charge in [0.25, 0.3) is 0 Å². The molecule has 0 radical (unpaired) electrons. The van der Waals surface area contributed by atoms with Crippen molar-refractivity contribution in [3.8, 4) is 0 Å². The van der Waals surface area contributed by atoms with Gasteiger partial charge in [0.1, 0.15) is 4.75 Å². The van der Waals surface area contributed by atoms with Gasteiger partial charge in [-0.1, -0.05) is 23.7 Å². The van der Waals surface area contributed by atoms with Gasteiger partial charge in [-0.3, -0.25) is 9.59 Å². The predicted molar refractivity (Wildman–Crippen MR) is 138 cm³/mol. The van der Waals surface area contributed by atoms with E-state index in [1.165, 1.54) is 29.2 Å². The van der Waals surface area contributed by atoms with Gasteiger partial charge < -0.3 is 10.0 Å². The highest BCUT2D eigenvalue weighted by atomic mass is 35.5. The van der Waals surface area contributed by atoms with Gasteiger partial charge >= 0.3 is 18.1 Å². The number of alkyl halides is 5. The maximum Gasteiger partial charge on any atom is 0.458 e. The average molecular weight is 620 g/mol. The Balaban J connectivity index is 1.59. The van der Waals surface area contributed by atoms with E-state index in [-0.39, 0.29) is 52.8 Å². The zero-order valence-corrected chi connectivity index (χ0v) is 23.2. The summed E-state index contributed by atoms with van der Waals surface area (Å²) in [5.41, 5.74) is -1.10. The minimum atomic E-state index is -5.83. The first-order valence-electron chi connectivity index (χ1n) is 13.2. The molecule has 2 atom stereocenters. The van der Waals surface area contributed by atoms with Crippen LogP contribution in [0.25, 0.3) is 0 Å². The predicted octanol–water partition coefficient (Wildman–Crippen LogP) is 6.10. The summed E-state index contributed by atoms with van der Waals surface area (Å²) in [7, 11) is -4.32. The fourth-order valence-electron chi connectivity index (χ4n) is 6.80. The molecule has 6 nitrogen and oxygen atoms in total. The van der Waals surface area contributed by atoms with Crippen LogP contribution in [0.1, 0.15) is 55.2 Å². The molecular formula is C28H27ClF5NO5S. The molecule has 2 aromatic carbocycles. The molecule has 0 bridgehead atoms. The van der Waals surface area contributed by atoms with Crippen LogP contribution in [0.5, 0.6) is 0 Å². The van der Waals surface area contributed by atoms with Crippen molar-refractivity contribution >= 4 is 33.3 Å². The van der Waals surface area contributed by atoms with E-state index in [4.69, 9.17) is 11.6 Å². The van der Waals surface area contributed by atoms with E-state index in [9.17, 15) is 45.1 Å². The Hall–Kier alpha value is -2.73. The first-order valence-corrected chi connectivity index (χ1v) is 15.1. The summed E-state index contributed by atoms with van der Waals surface area (Å²) in [6, 6.07) is 6.88. The molecule has 2 unspecified atom stereocenters. The topological polar surface area (TPSA) is 91.8 Å². The minimum absolute atomic E-state index is 0.00476. The molecule has 1 aliphatic heterocycles. The second-order valence-corrected chi connectivity index (χ2v) is 13.7. The Morgan fingerprint density at radius 3 is 2.12 bits per heavy atom. The molecule has 1 amide bonds. The van der Waals surface area contributed by atoms with Crippen LogP contribution in [-0.2, 0) is 36.5 Å². The molecule has 5 rings (SSSR count). The normalized spacial score (nSPS) is 26.8. The van der Waals surface area contributed by atoms with E-state index in [1.54, 1.807) is 0 Å². The van der Waals surface area contributed by atoms with Crippen molar-refractivity contribution in [2.24, 2.45) is 11.8 Å². The summed E-state index contributed by atoms with van der Waals surface area (Å²) in [5, 5.41) is 9.58. The smallest absolute Gasteiger partial charge is 0.458 e. The van der Waals surface area contributed by atoms with Gasteiger partial charge in [0, 0.05) is 23.0 Å². The summed E-state index contributed by atoms with van der Waals surface area (Å²) in [5.74, 6) is -7.39. The van der Waals surface area contributed by atoms with Gasteiger partial charge in [0.2, 0.25) is 5.91 Å². The highest BCUT2D eigenvalue weighted by Crippen LogP contribution is 2.54. The van der Waals surface area contributed by atoms with E-state index >= 15 is 0 Å². The molecule has 1 saturated carbocycles. The maximum atomic E-state index is 14.4. The number of carboxylic acids is 1. The SMILES string of the molecule is O=C(O)[C@H]1CC[C@H](C(=O)N2CCC3(S(=O)(=O)c4ccc(Cl)cc4)c4ccc(C(F)(F)C(F)(F)F)cc4CCC23)CC1. The van der Waals surface area contributed by atoms with Crippen LogP contribution in [0.2, 0.25) is 5.02 Å². The number of fused-ring (bicyclic) bond motifs is 3. The molecule has 13 heteroatoms. The number of likely N-dealkylation sites (tertiary alicyclic amines) is 1. The zero-order chi connectivity index (χ0) is 30.0. The number of aliphatic carboxylic acids is 1. The van der Waals surface area contributed by atoms with Crippen LogP contribution < -0.4 is 0 Å². The van der Waals surface area contributed by atoms with Crippen molar-refractivity contribution < 1.29 is 45.1 Å². The van der Waals surface area contributed by atoms with E-state index in [1.807, 2.05) is 0 Å². The summed E-state index contributed by atoms with van der Waals surface area (Å²) in [4.78, 5) is 26.5. The highest BCUT2D eigenvalue weighted by Gasteiger charge is 2.62. The highest BCUT2D eigenvalue weighted by molar-refractivity contribution is 7.92. The maximum absolute atomic E-state index is 14.4. The molecule has 1 heterocycles. The Kier molecular flexibility index (Phi) is 7.41. The molecule has 1 N–H and O–H groups in total. The van der Waals surface area contributed by atoms with Gasteiger partial charge in [-0.05, 0) is 86.4 Å². The summed E-state index contributed by atoms with van der Waals surface area (Å²) in [6.45, 7) is 0.0368. The van der Waals surface area contributed by atoms with Crippen molar-refractivity contribution in [1.82, 2.24) is 4.90 Å². The first-order chi connectivity index (χ1) is 19.1. The van der Waals surface area contributed by atoms with E-state index in [0.29, 0.717) is 31.7 Å². The molecule has 222 valence electrons. The van der Waals surface area contributed by atoms with Crippen LogP contribution in [0, 0.1) is 11.8 Å². The fourth-order valence-corrected chi connectivity index (χ4v) is 9.29. The largest absolute Gasteiger partial charge is 0.481 e. The third-order valence-corrected chi connectivity index (χ3v) is 11.7. The number of sulfone groups is 1. The Bertz CT molecular complexity index is 1470. The number of hydrogen-bond donors (Lipinski definition) is 1. The van der Waals surface area contributed by atoms with Crippen molar-refractivity contribution in [3.63, 3.8) is 0 Å². The summed E-state index contributed by atoms with van der Waals surface area (Å²) >= 11 is 5.97. The molecule has 2 aromatic rings. The monoisotopic (exact) mass is 619 g/mol. The molecular weight excluding hydrogens is 593 g/mol. The number of amides is 1. The number of hydrogen-bond acceptors (Lipinski definition) is 4. The van der Waals surface area contributed by atoms with Crippen LogP contribution in [0.4, 0.5) is 22.0 Å². The Morgan fingerprint density at radius 1 is 0.927 bits per heavy atom. The van der Waals surface area contributed by atoms with E-state index in [2.05, 4.69) is 0 Å². The zero-order valence-electron chi connectivity index (χ0n) is 21.6. The van der Waals surface area contributed by atoms with Gasteiger partial charge in [-0.15, -0.1) is 0 Å². The van der Waals surface area contributed by atoms with Crippen molar-refractivity contribution in [1.29, 1.82) is 0 Å². The number of halogens is 6. The number of aryl methyl sites for hydroxylation is 1. The molecule has 41 heavy (non-hydrogen) atoms. The summed E-state index contributed by atoms with van der Waals surface area (Å²) in [6.07, 6.45) is -4.57. The van der Waals surface area contributed by atoms with Gasteiger partial charge in [0.15, 0.2) is 9.84 Å². The fraction of sp³-hybridized carbons (Fsp3) is 0.500. The minimum Gasteiger partial charge on any atom is -0.481 e. The van der Waals surface area contributed by atoms with Crippen molar-refractivity contribution in [2.45, 2.75) is 72.7 Å². The third-order valence-electron chi connectivity index (χ3n) is 8.92. The Morgan fingerprint density at radius 2 is 1.54 bits per heavy atom. The lowest BCUT2D eigenvalue weighted by Gasteiger charge is -2.43. The number of carbonyl (C=O) groups excluding carboxylic acids is 1. The van der Waals surface area contributed by atoms with E-state index in [0.717, 1.165) is 12.1 Å². The van der Waals surface area contributed by atoms with Crippen LogP contribution in [0.15, 0.2) is 47.4 Å². The quantitative estimate of drug-likeness (QED) is 0.409. The van der Waals surface area contributed by atoms with Crippen molar-refractivity contribution in [3.05, 3.63) is 64.2 Å². The van der Waals surface area contributed by atoms with Gasteiger partial charge in [0.05, 0.1) is 16.9 Å². The number of carboxylic acid groups (broad SMARTS) is 1.